The van der Waals surface area contributed by atoms with Gasteiger partial charge >= 0.3 is 0 Å². The molecule has 0 aromatic rings. The van der Waals surface area contributed by atoms with E-state index < -0.39 is 8.80 Å². The van der Waals surface area contributed by atoms with E-state index in [-0.39, 0.29) is 0 Å². The van der Waals surface area contributed by atoms with Crippen LogP contribution in [0, 0.1) is 0 Å². The highest BCUT2D eigenvalue weighted by Gasteiger charge is 2.30. The maximum Gasteiger partial charge on any atom is 0.0787 e. The van der Waals surface area contributed by atoms with Gasteiger partial charge in [-0.1, -0.05) is 46.7 Å². The Labute approximate surface area is 136 Å². The van der Waals surface area contributed by atoms with Gasteiger partial charge in [-0.25, -0.2) is 0 Å². The third kappa shape index (κ3) is 7.62. The third-order valence-corrected chi connectivity index (χ3v) is 7.88. The molecule has 2 nitrogen and oxygen atoms in total. The van der Waals surface area contributed by atoms with E-state index in [2.05, 4.69) is 57.1 Å². The van der Waals surface area contributed by atoms with Crippen LogP contribution in [0.3, 0.4) is 0 Å². The predicted octanol–water partition coefficient (Wildman–Crippen LogP) is 4.53. The van der Waals surface area contributed by atoms with Gasteiger partial charge in [-0.3, -0.25) is 9.80 Å². The molecule has 1 unspecified atom stereocenters. The van der Waals surface area contributed by atoms with Gasteiger partial charge in [0.15, 0.2) is 0 Å². The average molecular weight is 313 g/mol. The van der Waals surface area contributed by atoms with Crippen LogP contribution in [0.2, 0.25) is 12.1 Å². The smallest absolute Gasteiger partial charge is 0.0787 e. The summed E-state index contributed by atoms with van der Waals surface area (Å²) in [6.07, 6.45) is 7.24. The van der Waals surface area contributed by atoms with E-state index in [1.807, 2.05) is 0 Å². The fourth-order valence-electron chi connectivity index (χ4n) is 3.44. The van der Waals surface area contributed by atoms with Crippen molar-refractivity contribution in [1.29, 1.82) is 0 Å². The molecule has 0 saturated heterocycles. The van der Waals surface area contributed by atoms with Crippen LogP contribution in [0.15, 0.2) is 12.7 Å². The number of rotatable bonds is 14. The molecule has 0 bridgehead atoms. The van der Waals surface area contributed by atoms with Crippen molar-refractivity contribution in [2.75, 3.05) is 26.2 Å². The second-order valence-corrected chi connectivity index (χ2v) is 9.58. The van der Waals surface area contributed by atoms with Crippen molar-refractivity contribution >= 4 is 8.80 Å². The lowest BCUT2D eigenvalue weighted by Gasteiger charge is -2.43. The van der Waals surface area contributed by atoms with E-state index >= 15 is 0 Å². The first-order valence-corrected chi connectivity index (χ1v) is 11.6. The van der Waals surface area contributed by atoms with Crippen LogP contribution in [0.5, 0.6) is 0 Å². The van der Waals surface area contributed by atoms with Crippen molar-refractivity contribution < 1.29 is 0 Å². The third-order valence-electron chi connectivity index (χ3n) is 4.21. The fraction of sp³-hybridized carbons (Fsp3) is 0.889. The van der Waals surface area contributed by atoms with Crippen molar-refractivity contribution in [1.82, 2.24) is 9.80 Å². The van der Waals surface area contributed by atoms with E-state index in [4.69, 9.17) is 0 Å². The topological polar surface area (TPSA) is 6.48 Å². The average Bonchev–Trinajstić information content (AvgIpc) is 2.47. The number of hydrogen-bond donors (Lipinski definition) is 0. The molecule has 0 aliphatic heterocycles. The minimum Gasteiger partial charge on any atom is -0.291 e. The minimum atomic E-state index is -0.836. The molecule has 126 valence electrons. The first-order valence-electron chi connectivity index (χ1n) is 9.28. The SMILES string of the molecule is C=CC[SiH](CC)C(N(CCC)CCC)N(CCC)CCC. The number of allylic oxidation sites excluding steroid dienone is 1. The second kappa shape index (κ2) is 13.5. The van der Waals surface area contributed by atoms with Gasteiger partial charge < -0.3 is 0 Å². The molecule has 0 aliphatic carbocycles. The molecule has 0 fully saturated rings. The normalized spacial score (nSPS) is 13.3. The monoisotopic (exact) mass is 312 g/mol. The molecule has 0 saturated carbocycles. The highest BCUT2D eigenvalue weighted by atomic mass is 28.3. The quantitative estimate of drug-likeness (QED) is 0.264. The Bertz CT molecular complexity index is 217. The van der Waals surface area contributed by atoms with Crippen LogP contribution >= 0.6 is 0 Å². The lowest BCUT2D eigenvalue weighted by atomic mass is 10.3. The van der Waals surface area contributed by atoms with Crippen LogP contribution < -0.4 is 0 Å². The van der Waals surface area contributed by atoms with E-state index in [0.717, 1.165) is 5.79 Å². The molecule has 0 N–H and O–H groups in total. The molecular weight excluding hydrogens is 272 g/mol. The van der Waals surface area contributed by atoms with Gasteiger partial charge in [0.1, 0.15) is 0 Å². The molecule has 0 radical (unpaired) electrons. The Balaban J connectivity index is 5.28. The maximum absolute atomic E-state index is 4.03. The Hall–Kier alpha value is -0.123. The Kier molecular flexibility index (Phi) is 13.5. The van der Waals surface area contributed by atoms with Crippen LogP contribution in [0.1, 0.15) is 60.3 Å². The van der Waals surface area contributed by atoms with Crippen molar-refractivity contribution in [2.45, 2.75) is 78.2 Å². The maximum atomic E-state index is 4.03. The molecule has 0 aromatic heterocycles. The van der Waals surface area contributed by atoms with Crippen LogP contribution in [-0.2, 0) is 0 Å². The molecule has 0 aromatic carbocycles. The Morgan fingerprint density at radius 2 is 1.19 bits per heavy atom. The molecule has 0 heterocycles. The van der Waals surface area contributed by atoms with Gasteiger partial charge in [0, 0.05) is 5.79 Å². The lowest BCUT2D eigenvalue weighted by Crippen LogP contribution is -2.57. The lowest BCUT2D eigenvalue weighted by molar-refractivity contribution is 0.0920. The van der Waals surface area contributed by atoms with Crippen molar-refractivity contribution in [2.24, 2.45) is 0 Å². The van der Waals surface area contributed by atoms with Gasteiger partial charge in [0.25, 0.3) is 0 Å². The molecular formula is C18H40N2Si. The number of nitrogens with zero attached hydrogens (tertiary/aromatic N) is 2. The molecule has 21 heavy (non-hydrogen) atoms. The van der Waals surface area contributed by atoms with Gasteiger partial charge in [-0.05, 0) is 57.9 Å². The summed E-state index contributed by atoms with van der Waals surface area (Å²) in [7, 11) is -0.836. The zero-order valence-electron chi connectivity index (χ0n) is 15.4. The van der Waals surface area contributed by atoms with Gasteiger partial charge in [-0.2, -0.15) is 0 Å². The molecule has 1 atom stereocenters. The summed E-state index contributed by atoms with van der Waals surface area (Å²) in [5, 5.41) is 0. The van der Waals surface area contributed by atoms with Crippen molar-refractivity contribution in [3.05, 3.63) is 12.7 Å². The van der Waals surface area contributed by atoms with Crippen LogP contribution in [-0.4, -0.2) is 50.6 Å². The summed E-state index contributed by atoms with van der Waals surface area (Å²) in [6, 6.07) is 2.65. The zero-order valence-corrected chi connectivity index (χ0v) is 16.6. The second-order valence-electron chi connectivity index (χ2n) is 6.18. The first kappa shape index (κ1) is 20.9. The van der Waals surface area contributed by atoms with E-state index in [0.29, 0.717) is 0 Å². The summed E-state index contributed by atoms with van der Waals surface area (Å²) in [6.45, 7) is 20.7. The van der Waals surface area contributed by atoms with E-state index in [9.17, 15) is 0 Å². The summed E-state index contributed by atoms with van der Waals surface area (Å²) in [5.41, 5.74) is 0. The van der Waals surface area contributed by atoms with Gasteiger partial charge in [0.2, 0.25) is 0 Å². The Morgan fingerprint density at radius 1 is 0.810 bits per heavy atom. The minimum absolute atomic E-state index is 0.729. The molecule has 0 spiro atoms. The predicted molar refractivity (Wildman–Crippen MR) is 101 cm³/mol. The van der Waals surface area contributed by atoms with Crippen molar-refractivity contribution in [3.63, 3.8) is 0 Å². The van der Waals surface area contributed by atoms with Gasteiger partial charge in [-0.15, -0.1) is 6.58 Å². The van der Waals surface area contributed by atoms with Crippen LogP contribution in [0.4, 0.5) is 0 Å². The Morgan fingerprint density at radius 3 is 1.43 bits per heavy atom. The van der Waals surface area contributed by atoms with E-state index in [1.165, 1.54) is 64.0 Å². The molecule has 0 rings (SSSR count). The van der Waals surface area contributed by atoms with Crippen LogP contribution in [0.25, 0.3) is 0 Å². The number of hydrogen-bond acceptors (Lipinski definition) is 2. The highest BCUT2D eigenvalue weighted by Crippen LogP contribution is 2.18. The molecule has 3 heteroatoms. The largest absolute Gasteiger partial charge is 0.291 e. The highest BCUT2D eigenvalue weighted by molar-refractivity contribution is 6.60. The summed E-state index contributed by atoms with van der Waals surface area (Å²) >= 11 is 0. The summed E-state index contributed by atoms with van der Waals surface area (Å²) in [4.78, 5) is 5.60. The van der Waals surface area contributed by atoms with Crippen molar-refractivity contribution in [3.8, 4) is 0 Å². The molecule has 0 amide bonds. The van der Waals surface area contributed by atoms with Gasteiger partial charge in [0.05, 0.1) is 8.80 Å². The summed E-state index contributed by atoms with van der Waals surface area (Å²) < 4.78 is 0. The van der Waals surface area contributed by atoms with E-state index in [1.54, 1.807) is 0 Å². The first-order chi connectivity index (χ1) is 10.2. The molecule has 0 aliphatic rings. The zero-order chi connectivity index (χ0) is 16.1. The fourth-order valence-corrected chi connectivity index (χ4v) is 6.66. The summed E-state index contributed by atoms with van der Waals surface area (Å²) in [5.74, 6) is 0.729. The standard InChI is InChI=1S/C18H40N2Si/c1-7-13-19(14-8-2)18(21(12-6)17-11-5)20(15-9-3)16-10-4/h11,18,21H,5,7-10,12-17H2,1-4,6H3.